The van der Waals surface area contributed by atoms with Crippen LogP contribution in [0.4, 0.5) is 0 Å². The number of hydrogen-bond acceptors (Lipinski definition) is 3. The Morgan fingerprint density at radius 1 is 1.45 bits per heavy atom. The lowest BCUT2D eigenvalue weighted by molar-refractivity contribution is 0.0482. The predicted octanol–water partition coefficient (Wildman–Crippen LogP) is 4.09. The van der Waals surface area contributed by atoms with E-state index in [0.29, 0.717) is 6.54 Å². The first-order valence-corrected chi connectivity index (χ1v) is 7.81. The van der Waals surface area contributed by atoms with Gasteiger partial charge in [-0.25, -0.2) is 0 Å². The number of rotatable bonds is 8. The Hall–Kier alpha value is -1.45. The Balaban J connectivity index is 3.53. The number of aliphatic imine (C=N–C) groups is 1. The molecule has 0 radical (unpaired) electrons. The van der Waals surface area contributed by atoms with E-state index in [-0.39, 0.29) is 18.1 Å². The molecule has 0 bridgehead atoms. The summed E-state index contributed by atoms with van der Waals surface area (Å²) in [5.74, 6) is 0. The fraction of sp³-hybridized carbons (Fsp3) is 0.526. The van der Waals surface area contributed by atoms with Crippen LogP contribution in [0.15, 0.2) is 35.8 Å². The second-order valence-corrected chi connectivity index (χ2v) is 6.21. The van der Waals surface area contributed by atoms with Gasteiger partial charge in [-0.3, -0.25) is 4.99 Å². The van der Waals surface area contributed by atoms with Gasteiger partial charge in [0, 0.05) is 23.8 Å². The first kappa shape index (κ1) is 18.6. The molecule has 0 saturated carbocycles. The van der Waals surface area contributed by atoms with Crippen molar-refractivity contribution < 1.29 is 9.84 Å². The zero-order chi connectivity index (χ0) is 16.8. The average Bonchev–Trinajstić information content (AvgIpc) is 2.50. The molecule has 0 amide bonds. The number of aliphatic hydroxyl groups is 1. The third kappa shape index (κ3) is 4.28. The largest absolute Gasteiger partial charge is 0.393 e. The molecule has 3 heteroatoms. The van der Waals surface area contributed by atoms with Crippen molar-refractivity contribution in [1.82, 2.24) is 0 Å². The minimum absolute atomic E-state index is 0.0478. The highest BCUT2D eigenvalue weighted by molar-refractivity contribution is 6.05. The lowest BCUT2D eigenvalue weighted by Gasteiger charge is -2.29. The molecular weight excluding hydrogens is 274 g/mol. The molecule has 0 spiro atoms. The predicted molar refractivity (Wildman–Crippen MR) is 93.7 cm³/mol. The zero-order valence-corrected chi connectivity index (χ0v) is 14.5. The van der Waals surface area contributed by atoms with Crippen molar-refractivity contribution in [3.8, 4) is 0 Å². The Bertz CT molecular complexity index is 528. The van der Waals surface area contributed by atoms with Crippen LogP contribution in [0.1, 0.15) is 50.0 Å². The normalized spacial score (nSPS) is 14.0. The van der Waals surface area contributed by atoms with E-state index in [4.69, 9.17) is 9.73 Å². The molecule has 0 aliphatic rings. The number of methoxy groups -OCH3 is 1. The van der Waals surface area contributed by atoms with Crippen molar-refractivity contribution in [1.29, 1.82) is 0 Å². The maximum Gasteiger partial charge on any atom is 0.106 e. The monoisotopic (exact) mass is 303 g/mol. The molecule has 0 fully saturated rings. The summed E-state index contributed by atoms with van der Waals surface area (Å²) in [6, 6.07) is 6.21. The van der Waals surface area contributed by atoms with Gasteiger partial charge in [0.1, 0.15) is 6.10 Å². The third-order valence-electron chi connectivity index (χ3n) is 4.16. The molecule has 1 rings (SSSR count). The zero-order valence-electron chi connectivity index (χ0n) is 14.5. The Labute approximate surface area is 134 Å². The number of aryl methyl sites for hydroxylation is 1. The molecule has 1 aromatic carbocycles. The second-order valence-electron chi connectivity index (χ2n) is 6.21. The summed E-state index contributed by atoms with van der Waals surface area (Å²) < 4.78 is 5.44. The van der Waals surface area contributed by atoms with Gasteiger partial charge >= 0.3 is 0 Å². The Morgan fingerprint density at radius 2 is 2.14 bits per heavy atom. The third-order valence-corrected chi connectivity index (χ3v) is 4.16. The molecule has 1 N–H and O–H groups in total. The van der Waals surface area contributed by atoms with Gasteiger partial charge in [-0.05, 0) is 25.0 Å². The van der Waals surface area contributed by atoms with Crippen LogP contribution in [-0.2, 0) is 4.74 Å². The summed E-state index contributed by atoms with van der Waals surface area (Å²) in [4.78, 5) is 4.77. The summed E-state index contributed by atoms with van der Waals surface area (Å²) in [6.07, 6.45) is 2.45. The molecule has 0 aromatic heterocycles. The standard InChI is InChI=1S/C19H29NO2/c1-7-11-20-18(19(4,5)8-2)16-12-14(3)9-10-15(16)17(13-21)22-6/h7,9-10,12,17,21H,1,8,11,13H2,2-6H3/b20-18+/t17-/m1/s1. The van der Waals surface area contributed by atoms with E-state index in [1.807, 2.05) is 12.1 Å². The van der Waals surface area contributed by atoms with Gasteiger partial charge < -0.3 is 9.84 Å². The maximum absolute atomic E-state index is 9.61. The minimum atomic E-state index is -0.336. The minimum Gasteiger partial charge on any atom is -0.393 e. The topological polar surface area (TPSA) is 41.8 Å². The number of benzene rings is 1. The highest BCUT2D eigenvalue weighted by Gasteiger charge is 2.28. The summed E-state index contributed by atoms with van der Waals surface area (Å²) in [7, 11) is 1.62. The van der Waals surface area contributed by atoms with Gasteiger partial charge in [-0.1, -0.05) is 44.5 Å². The molecule has 0 aliphatic heterocycles. The molecule has 0 saturated heterocycles. The second kappa shape index (κ2) is 8.25. The highest BCUT2D eigenvalue weighted by Crippen LogP contribution is 2.32. The number of nitrogens with zero attached hydrogens (tertiary/aromatic N) is 1. The van der Waals surface area contributed by atoms with Crippen LogP contribution in [0.3, 0.4) is 0 Å². The fourth-order valence-electron chi connectivity index (χ4n) is 2.44. The van der Waals surface area contributed by atoms with Crippen LogP contribution < -0.4 is 0 Å². The Kier molecular flexibility index (Phi) is 6.98. The van der Waals surface area contributed by atoms with Crippen molar-refractivity contribution in [3.63, 3.8) is 0 Å². The number of hydrogen-bond donors (Lipinski definition) is 1. The van der Waals surface area contributed by atoms with Gasteiger partial charge in [0.05, 0.1) is 13.2 Å². The van der Waals surface area contributed by atoms with Crippen LogP contribution >= 0.6 is 0 Å². The van der Waals surface area contributed by atoms with E-state index in [1.165, 1.54) is 5.56 Å². The number of aliphatic hydroxyl groups excluding tert-OH is 1. The van der Waals surface area contributed by atoms with Crippen LogP contribution in [0.2, 0.25) is 0 Å². The first-order valence-electron chi connectivity index (χ1n) is 7.81. The van der Waals surface area contributed by atoms with Gasteiger partial charge in [0.2, 0.25) is 0 Å². The van der Waals surface area contributed by atoms with Crippen molar-refractivity contribution >= 4 is 5.71 Å². The lowest BCUT2D eigenvalue weighted by atomic mass is 9.78. The van der Waals surface area contributed by atoms with Crippen LogP contribution in [-0.4, -0.2) is 31.1 Å². The van der Waals surface area contributed by atoms with E-state index in [1.54, 1.807) is 13.2 Å². The van der Waals surface area contributed by atoms with Crippen LogP contribution in [0.25, 0.3) is 0 Å². The molecule has 0 unspecified atom stereocenters. The summed E-state index contributed by atoms with van der Waals surface area (Å²) >= 11 is 0. The van der Waals surface area contributed by atoms with E-state index < -0.39 is 0 Å². The summed E-state index contributed by atoms with van der Waals surface area (Å²) in [5, 5.41) is 9.61. The van der Waals surface area contributed by atoms with Crippen LogP contribution in [0.5, 0.6) is 0 Å². The maximum atomic E-state index is 9.61. The molecule has 122 valence electrons. The summed E-state index contributed by atoms with van der Waals surface area (Å²) in [5.41, 5.74) is 4.21. The Morgan fingerprint density at radius 3 is 2.64 bits per heavy atom. The van der Waals surface area contributed by atoms with E-state index in [0.717, 1.165) is 23.3 Å². The van der Waals surface area contributed by atoms with E-state index >= 15 is 0 Å². The highest BCUT2D eigenvalue weighted by atomic mass is 16.5. The fourth-order valence-corrected chi connectivity index (χ4v) is 2.44. The first-order chi connectivity index (χ1) is 10.4. The van der Waals surface area contributed by atoms with E-state index in [2.05, 4.69) is 40.3 Å². The summed E-state index contributed by atoms with van der Waals surface area (Å²) in [6.45, 7) is 12.9. The smallest absolute Gasteiger partial charge is 0.106 e. The van der Waals surface area contributed by atoms with Crippen molar-refractivity contribution in [2.45, 2.75) is 40.2 Å². The SMILES string of the molecule is C=CC/N=C(\c1cc(C)ccc1[C@@H](CO)OC)C(C)(C)CC. The van der Waals surface area contributed by atoms with Gasteiger partial charge in [-0.2, -0.15) is 0 Å². The van der Waals surface area contributed by atoms with Crippen molar-refractivity contribution in [3.05, 3.63) is 47.5 Å². The van der Waals surface area contributed by atoms with E-state index in [9.17, 15) is 5.11 Å². The molecular formula is C19H29NO2. The van der Waals surface area contributed by atoms with Crippen molar-refractivity contribution in [2.24, 2.45) is 10.4 Å². The lowest BCUT2D eigenvalue weighted by Crippen LogP contribution is -2.27. The van der Waals surface area contributed by atoms with Gasteiger partial charge in [0.25, 0.3) is 0 Å². The molecule has 3 nitrogen and oxygen atoms in total. The van der Waals surface area contributed by atoms with Crippen molar-refractivity contribution in [2.75, 3.05) is 20.3 Å². The average molecular weight is 303 g/mol. The van der Waals surface area contributed by atoms with Gasteiger partial charge in [0.15, 0.2) is 0 Å². The molecule has 1 atom stereocenters. The van der Waals surface area contributed by atoms with Crippen LogP contribution in [0, 0.1) is 12.3 Å². The quantitative estimate of drug-likeness (QED) is 0.580. The number of ether oxygens (including phenoxy) is 1. The van der Waals surface area contributed by atoms with Gasteiger partial charge in [-0.15, -0.1) is 6.58 Å². The molecule has 0 heterocycles. The molecule has 1 aromatic rings. The molecule has 0 aliphatic carbocycles. The molecule has 22 heavy (non-hydrogen) atoms.